The number of hydrogen-bond donors (Lipinski definition) is 2. The molecule has 0 aliphatic carbocycles. The van der Waals surface area contributed by atoms with Crippen LogP contribution in [0.25, 0.3) is 22.5 Å². The van der Waals surface area contributed by atoms with E-state index in [1.807, 2.05) is 19.1 Å². The molecule has 2 heterocycles. The second-order valence-electron chi connectivity index (χ2n) is 7.72. The number of nitrogens with zero attached hydrogens (tertiary/aromatic N) is 3. The van der Waals surface area contributed by atoms with Crippen molar-refractivity contribution in [2.24, 2.45) is 0 Å². The van der Waals surface area contributed by atoms with Crippen LogP contribution in [-0.4, -0.2) is 26.9 Å². The van der Waals surface area contributed by atoms with Crippen molar-refractivity contribution < 1.29 is 9.53 Å². The monoisotopic (exact) mass is 537 g/mol. The molecule has 11 heteroatoms. The molecule has 0 radical (unpaired) electrons. The highest BCUT2D eigenvalue weighted by atomic mass is 35.5. The summed E-state index contributed by atoms with van der Waals surface area (Å²) in [6, 6.07) is 14.6. The lowest BCUT2D eigenvalue weighted by atomic mass is 10.00. The standard InChI is InChI=1S/C25H20ClN5O3S2/c1-3-20(24(33)28-17-8-5-14(6-9-17)23-29-25(35)36-30-23)31-13-21(34-2)19(11-22(31)32)18-10-16(26)7-4-15(18)12-27/h4-11,13,20H,3H2,1-2H3,(H,28,33)(H,29,30,35). The Labute approximate surface area is 220 Å². The minimum Gasteiger partial charge on any atom is -0.495 e. The molecule has 2 aromatic carbocycles. The van der Waals surface area contributed by atoms with Crippen molar-refractivity contribution >= 4 is 46.9 Å². The summed E-state index contributed by atoms with van der Waals surface area (Å²) in [6.07, 6.45) is 1.85. The summed E-state index contributed by atoms with van der Waals surface area (Å²) >= 11 is 12.4. The Hall–Kier alpha value is -3.78. The molecule has 2 aromatic heterocycles. The molecule has 8 nitrogen and oxygen atoms in total. The second kappa shape index (κ2) is 10.9. The Kier molecular flexibility index (Phi) is 7.64. The van der Waals surface area contributed by atoms with Gasteiger partial charge in [0, 0.05) is 33.5 Å². The zero-order chi connectivity index (χ0) is 25.8. The summed E-state index contributed by atoms with van der Waals surface area (Å²) in [5.74, 6) is 0.646. The average molecular weight is 538 g/mol. The van der Waals surface area contributed by atoms with Gasteiger partial charge in [0.25, 0.3) is 5.56 Å². The lowest BCUT2D eigenvalue weighted by molar-refractivity contribution is -0.119. The van der Waals surface area contributed by atoms with Crippen LogP contribution in [0, 0.1) is 15.3 Å². The minimum atomic E-state index is -0.787. The van der Waals surface area contributed by atoms with Crippen molar-refractivity contribution in [3.8, 4) is 34.3 Å². The van der Waals surface area contributed by atoms with Gasteiger partial charge in [-0.3, -0.25) is 18.5 Å². The van der Waals surface area contributed by atoms with Crippen LogP contribution in [0.3, 0.4) is 0 Å². The first-order chi connectivity index (χ1) is 17.3. The van der Waals surface area contributed by atoms with Gasteiger partial charge in [0.2, 0.25) is 5.91 Å². The van der Waals surface area contributed by atoms with E-state index in [0.717, 1.165) is 5.56 Å². The lowest BCUT2D eigenvalue weighted by Crippen LogP contribution is -2.32. The average Bonchev–Trinajstić information content (AvgIpc) is 3.31. The topological polar surface area (TPSA) is 113 Å². The van der Waals surface area contributed by atoms with Crippen LogP contribution in [0.1, 0.15) is 24.9 Å². The number of halogens is 1. The SMILES string of the molecule is CCC(C(=O)Nc1ccc(-c2nc(=S)s[nH]2)cc1)n1cc(OC)c(-c2cc(Cl)ccc2C#N)cc1=O. The van der Waals surface area contributed by atoms with E-state index in [1.54, 1.807) is 30.3 Å². The quantitative estimate of drug-likeness (QED) is 0.287. The molecule has 4 aromatic rings. The Balaban J connectivity index is 1.63. The first-order valence-corrected chi connectivity index (χ1v) is 12.4. The number of hydrogen-bond acceptors (Lipinski definition) is 7. The number of aromatic amines is 1. The fraction of sp³-hybridized carbons (Fsp3) is 0.160. The summed E-state index contributed by atoms with van der Waals surface area (Å²) < 4.78 is 10.4. The van der Waals surface area contributed by atoms with Crippen LogP contribution in [0.2, 0.25) is 5.02 Å². The van der Waals surface area contributed by atoms with E-state index >= 15 is 0 Å². The zero-order valence-electron chi connectivity index (χ0n) is 19.2. The number of methoxy groups -OCH3 is 1. The van der Waals surface area contributed by atoms with Crippen molar-refractivity contribution in [2.45, 2.75) is 19.4 Å². The molecular weight excluding hydrogens is 518 g/mol. The van der Waals surface area contributed by atoms with E-state index in [4.69, 9.17) is 28.6 Å². The molecule has 1 unspecified atom stereocenters. The number of anilines is 1. The molecule has 0 fully saturated rings. The van der Waals surface area contributed by atoms with Crippen molar-refractivity contribution in [3.63, 3.8) is 0 Å². The third-order valence-electron chi connectivity index (χ3n) is 5.55. The number of rotatable bonds is 7. The highest BCUT2D eigenvalue weighted by Gasteiger charge is 2.23. The van der Waals surface area contributed by atoms with Gasteiger partial charge in [-0.2, -0.15) is 5.26 Å². The number of nitriles is 1. The maximum Gasteiger partial charge on any atom is 0.252 e. The lowest BCUT2D eigenvalue weighted by Gasteiger charge is -2.20. The molecule has 2 N–H and O–H groups in total. The van der Waals surface area contributed by atoms with E-state index < -0.39 is 11.6 Å². The molecule has 182 valence electrons. The molecule has 0 bridgehead atoms. The van der Waals surface area contributed by atoms with Crippen molar-refractivity contribution in [1.82, 2.24) is 13.9 Å². The van der Waals surface area contributed by atoms with Gasteiger partial charge in [0.15, 0.2) is 3.95 Å². The third kappa shape index (κ3) is 5.23. The van der Waals surface area contributed by atoms with E-state index in [9.17, 15) is 14.9 Å². The van der Waals surface area contributed by atoms with Crippen molar-refractivity contribution in [1.29, 1.82) is 5.26 Å². The van der Waals surface area contributed by atoms with Gasteiger partial charge < -0.3 is 10.1 Å². The first kappa shape index (κ1) is 25.3. The first-order valence-electron chi connectivity index (χ1n) is 10.8. The number of ether oxygens (including phenoxy) is 1. The molecule has 4 rings (SSSR count). The van der Waals surface area contributed by atoms with Gasteiger partial charge >= 0.3 is 0 Å². The van der Waals surface area contributed by atoms with E-state index in [-0.39, 0.29) is 5.91 Å². The van der Waals surface area contributed by atoms with Crippen LogP contribution >= 0.6 is 35.4 Å². The highest BCUT2D eigenvalue weighted by molar-refractivity contribution is 7.73. The van der Waals surface area contributed by atoms with Crippen LogP contribution in [0.15, 0.2) is 59.5 Å². The molecule has 0 aliphatic heterocycles. The summed E-state index contributed by atoms with van der Waals surface area (Å²) in [4.78, 5) is 30.5. The predicted molar refractivity (Wildman–Crippen MR) is 143 cm³/mol. The number of aromatic nitrogens is 3. The molecule has 1 atom stereocenters. The maximum absolute atomic E-state index is 13.2. The molecule has 0 saturated carbocycles. The summed E-state index contributed by atoms with van der Waals surface area (Å²) in [5, 5.41) is 12.8. The van der Waals surface area contributed by atoms with Gasteiger partial charge in [-0.05, 0) is 72.6 Å². The highest BCUT2D eigenvalue weighted by Crippen LogP contribution is 2.33. The Morgan fingerprint density at radius 1 is 1.28 bits per heavy atom. The molecule has 36 heavy (non-hydrogen) atoms. The molecule has 1 amide bonds. The van der Waals surface area contributed by atoms with Crippen molar-refractivity contribution in [2.75, 3.05) is 12.4 Å². The number of amides is 1. The van der Waals surface area contributed by atoms with Gasteiger partial charge in [-0.15, -0.1) is 0 Å². The van der Waals surface area contributed by atoms with Crippen molar-refractivity contribution in [3.05, 3.63) is 79.6 Å². The zero-order valence-corrected chi connectivity index (χ0v) is 21.6. The van der Waals surface area contributed by atoms with Crippen LogP contribution in [-0.2, 0) is 4.79 Å². The number of H-pyrrole nitrogens is 1. The molecule has 0 aliphatic rings. The summed E-state index contributed by atoms with van der Waals surface area (Å²) in [5.41, 5.74) is 2.24. The number of nitrogens with one attached hydrogen (secondary N) is 2. The fourth-order valence-electron chi connectivity index (χ4n) is 3.78. The Morgan fingerprint density at radius 2 is 2.03 bits per heavy atom. The van der Waals surface area contributed by atoms with E-state index in [2.05, 4.69) is 20.7 Å². The largest absolute Gasteiger partial charge is 0.495 e. The Bertz CT molecular complexity index is 1580. The number of carbonyl (C=O) groups is 1. The normalized spacial score (nSPS) is 11.5. The van der Waals surface area contributed by atoms with Gasteiger partial charge in [0.05, 0.1) is 24.9 Å². The molecule has 0 saturated heterocycles. The number of pyridine rings is 1. The van der Waals surface area contributed by atoms with Gasteiger partial charge in [0.1, 0.15) is 17.6 Å². The Morgan fingerprint density at radius 3 is 2.64 bits per heavy atom. The number of benzene rings is 2. The number of carbonyl (C=O) groups excluding carboxylic acids is 1. The maximum atomic E-state index is 13.2. The summed E-state index contributed by atoms with van der Waals surface area (Å²) in [6.45, 7) is 1.81. The van der Waals surface area contributed by atoms with Gasteiger partial charge in [-0.25, -0.2) is 4.98 Å². The smallest absolute Gasteiger partial charge is 0.252 e. The molecule has 0 spiro atoms. The molecular formula is C25H20ClN5O3S2. The second-order valence-corrected chi connectivity index (χ2v) is 9.60. The van der Waals surface area contributed by atoms with Crippen LogP contribution in [0.4, 0.5) is 5.69 Å². The van der Waals surface area contributed by atoms with E-state index in [0.29, 0.717) is 49.3 Å². The van der Waals surface area contributed by atoms with Crippen LogP contribution in [0.5, 0.6) is 5.75 Å². The minimum absolute atomic E-state index is 0.338. The fourth-order valence-corrected chi connectivity index (χ4v) is 4.65. The summed E-state index contributed by atoms with van der Waals surface area (Å²) in [7, 11) is 1.46. The third-order valence-corrected chi connectivity index (χ3v) is 6.68. The van der Waals surface area contributed by atoms with Gasteiger partial charge in [-0.1, -0.05) is 18.5 Å². The predicted octanol–water partition coefficient (Wildman–Crippen LogP) is 5.82. The van der Waals surface area contributed by atoms with Crippen LogP contribution < -0.4 is 15.6 Å². The van der Waals surface area contributed by atoms with E-state index in [1.165, 1.54) is 35.5 Å².